The van der Waals surface area contributed by atoms with Gasteiger partial charge in [-0.3, -0.25) is 4.57 Å². The zero-order valence-corrected chi connectivity index (χ0v) is 21.6. The van der Waals surface area contributed by atoms with Crippen molar-refractivity contribution in [3.63, 3.8) is 0 Å². The molecule has 0 aliphatic carbocycles. The van der Waals surface area contributed by atoms with Gasteiger partial charge in [0.15, 0.2) is 0 Å². The smallest absolute Gasteiger partial charge is 0.268 e. The third kappa shape index (κ3) is 17.0. The largest absolute Gasteiger partial charge is 0.756 e. The molecule has 5 nitrogen and oxygen atoms in total. The lowest BCUT2D eigenvalue weighted by molar-refractivity contribution is -0.896. The Kier molecular flexibility index (Phi) is 16.1. The summed E-state index contributed by atoms with van der Waals surface area (Å²) in [6.45, 7) is 4.40. The zero-order chi connectivity index (χ0) is 22.8. The number of unbranched alkanes of at least 4 members (excludes halogenated alkanes) is 12. The molecule has 184 valence electrons. The van der Waals surface area contributed by atoms with Gasteiger partial charge in [-0.15, -0.1) is 0 Å². The number of allylic oxidation sites excluding steroid dienone is 2. The maximum Gasteiger partial charge on any atom is 0.268 e. The average Bonchev–Trinajstić information content (AvgIpc) is 2.72. The van der Waals surface area contributed by atoms with Crippen LogP contribution in [0.4, 0.5) is 0 Å². The van der Waals surface area contributed by atoms with Gasteiger partial charge >= 0.3 is 0 Å². The summed E-state index contributed by atoms with van der Waals surface area (Å²) >= 11 is 0. The van der Waals surface area contributed by atoms with Gasteiger partial charge in [0.05, 0.1) is 39.9 Å². The van der Waals surface area contributed by atoms with E-state index in [0.29, 0.717) is 0 Å². The van der Waals surface area contributed by atoms with Crippen LogP contribution in [0.25, 0.3) is 0 Å². The standard InChI is InChI=1S/C25H50NO4P/c1-4-5-6-7-8-9-10-11-12-13-14-15-16-17-18-19-24-29-31(27,28)30-25-20-22-26(2,3)23-21-25/h11-12,25H,4-10,13-24H2,1-3H3/b12-11-. The summed E-state index contributed by atoms with van der Waals surface area (Å²) in [5.74, 6) is 0. The fourth-order valence-corrected chi connectivity index (χ4v) is 5.08. The summed E-state index contributed by atoms with van der Waals surface area (Å²) in [6.07, 6.45) is 23.3. The molecule has 6 heteroatoms. The number of quaternary nitrogens is 1. The molecule has 1 aliphatic rings. The van der Waals surface area contributed by atoms with Crippen LogP contribution in [-0.2, 0) is 13.6 Å². The van der Waals surface area contributed by atoms with Crippen molar-refractivity contribution in [2.75, 3.05) is 33.8 Å². The number of hydrogen-bond acceptors (Lipinski definition) is 4. The molecule has 0 amide bonds. The molecule has 1 heterocycles. The number of hydrogen-bond donors (Lipinski definition) is 0. The summed E-state index contributed by atoms with van der Waals surface area (Å²) in [5.41, 5.74) is 0. The van der Waals surface area contributed by atoms with E-state index in [0.717, 1.165) is 49.7 Å². The van der Waals surface area contributed by atoms with Crippen molar-refractivity contribution in [1.29, 1.82) is 0 Å². The lowest BCUT2D eigenvalue weighted by Gasteiger charge is -2.38. The molecule has 1 rings (SSSR count). The molecule has 1 atom stereocenters. The average molecular weight is 460 g/mol. The van der Waals surface area contributed by atoms with Gasteiger partial charge in [0.1, 0.15) is 0 Å². The second kappa shape index (κ2) is 17.3. The van der Waals surface area contributed by atoms with Crippen molar-refractivity contribution in [2.24, 2.45) is 0 Å². The maximum absolute atomic E-state index is 12.0. The predicted molar refractivity (Wildman–Crippen MR) is 129 cm³/mol. The van der Waals surface area contributed by atoms with Crippen LogP contribution >= 0.6 is 7.82 Å². The Morgan fingerprint density at radius 3 is 1.87 bits per heavy atom. The Bertz CT molecular complexity index is 500. The van der Waals surface area contributed by atoms with Gasteiger partial charge < -0.3 is 18.4 Å². The van der Waals surface area contributed by atoms with Crippen molar-refractivity contribution in [3.05, 3.63) is 12.2 Å². The molecular weight excluding hydrogens is 409 g/mol. The van der Waals surface area contributed by atoms with Crippen molar-refractivity contribution >= 4 is 7.82 Å². The third-order valence-electron chi connectivity index (χ3n) is 6.30. The number of phosphoric ester groups is 1. The minimum atomic E-state index is -4.16. The van der Waals surface area contributed by atoms with Gasteiger partial charge in [-0.05, 0) is 32.1 Å². The quantitative estimate of drug-likeness (QED) is 0.0926. The van der Waals surface area contributed by atoms with Crippen LogP contribution in [0.1, 0.15) is 110 Å². The number of rotatable bonds is 19. The fourth-order valence-electron chi connectivity index (χ4n) is 4.09. The molecule has 1 saturated heterocycles. The predicted octanol–water partition coefficient (Wildman–Crippen LogP) is 6.76. The van der Waals surface area contributed by atoms with Crippen LogP contribution in [0, 0.1) is 0 Å². The van der Waals surface area contributed by atoms with Gasteiger partial charge in [-0.25, -0.2) is 0 Å². The maximum atomic E-state index is 12.0. The van der Waals surface area contributed by atoms with Crippen LogP contribution in [-0.4, -0.2) is 44.4 Å². The van der Waals surface area contributed by atoms with Crippen LogP contribution < -0.4 is 4.89 Å². The van der Waals surface area contributed by atoms with E-state index in [2.05, 4.69) is 33.2 Å². The van der Waals surface area contributed by atoms with Gasteiger partial charge in [0.2, 0.25) is 0 Å². The minimum absolute atomic E-state index is 0.214. The summed E-state index contributed by atoms with van der Waals surface area (Å²) in [7, 11) is 0.171. The van der Waals surface area contributed by atoms with Crippen molar-refractivity contribution < 1.29 is 23.0 Å². The van der Waals surface area contributed by atoms with E-state index in [1.165, 1.54) is 70.6 Å². The molecule has 1 unspecified atom stereocenters. The van der Waals surface area contributed by atoms with E-state index in [1.54, 1.807) is 0 Å². The molecule has 0 aromatic heterocycles. The van der Waals surface area contributed by atoms with Crippen LogP contribution in [0.2, 0.25) is 0 Å². The Morgan fingerprint density at radius 2 is 1.32 bits per heavy atom. The summed E-state index contributed by atoms with van der Waals surface area (Å²) in [6, 6.07) is 0. The molecule has 0 aromatic carbocycles. The van der Waals surface area contributed by atoms with Gasteiger partial charge in [-0.2, -0.15) is 0 Å². The third-order valence-corrected chi connectivity index (χ3v) is 7.35. The highest BCUT2D eigenvalue weighted by Crippen LogP contribution is 2.42. The number of phosphoric acid groups is 1. The van der Waals surface area contributed by atoms with Crippen LogP contribution in [0.5, 0.6) is 0 Å². The Balaban J connectivity index is 1.87. The molecule has 0 aromatic rings. The number of nitrogens with zero attached hydrogens (tertiary/aromatic N) is 1. The molecular formula is C25H50NO4P. The van der Waals surface area contributed by atoms with E-state index in [9.17, 15) is 9.46 Å². The second-order valence-corrected chi connectivity index (χ2v) is 11.3. The summed E-state index contributed by atoms with van der Waals surface area (Å²) in [5, 5.41) is 0. The highest BCUT2D eigenvalue weighted by molar-refractivity contribution is 7.45. The van der Waals surface area contributed by atoms with Gasteiger partial charge in [-0.1, -0.05) is 76.9 Å². The highest BCUT2D eigenvalue weighted by atomic mass is 31.2. The van der Waals surface area contributed by atoms with E-state index in [1.807, 2.05) is 0 Å². The second-order valence-electron chi connectivity index (χ2n) is 9.91. The SMILES string of the molecule is CCCCCCCC/C=C\CCCCCCCCOP(=O)([O-])OC1CC[N+](C)(C)CC1. The monoisotopic (exact) mass is 459 g/mol. The normalized spacial score (nSPS) is 19.1. The molecule has 0 N–H and O–H groups in total. The molecule has 31 heavy (non-hydrogen) atoms. The first-order valence-corrected chi connectivity index (χ1v) is 14.4. The van der Waals surface area contributed by atoms with Crippen LogP contribution in [0.15, 0.2) is 12.2 Å². The lowest BCUT2D eigenvalue weighted by Crippen LogP contribution is -2.48. The fraction of sp³-hybridized carbons (Fsp3) is 0.920. The van der Waals surface area contributed by atoms with Gasteiger partial charge in [0, 0.05) is 12.8 Å². The lowest BCUT2D eigenvalue weighted by atomic mass is 10.1. The van der Waals surface area contributed by atoms with Crippen molar-refractivity contribution in [3.8, 4) is 0 Å². The number of piperidine rings is 1. The summed E-state index contributed by atoms with van der Waals surface area (Å²) < 4.78 is 23.3. The zero-order valence-electron chi connectivity index (χ0n) is 20.7. The number of likely N-dealkylation sites (tertiary alicyclic amines) is 1. The molecule has 1 fully saturated rings. The molecule has 0 spiro atoms. The first-order valence-electron chi connectivity index (χ1n) is 13.0. The summed E-state index contributed by atoms with van der Waals surface area (Å²) in [4.78, 5) is 12.0. The minimum Gasteiger partial charge on any atom is -0.756 e. The van der Waals surface area contributed by atoms with E-state index in [4.69, 9.17) is 9.05 Å². The van der Waals surface area contributed by atoms with E-state index >= 15 is 0 Å². The van der Waals surface area contributed by atoms with Gasteiger partial charge in [0.25, 0.3) is 7.82 Å². The van der Waals surface area contributed by atoms with E-state index in [-0.39, 0.29) is 12.7 Å². The van der Waals surface area contributed by atoms with Crippen molar-refractivity contribution in [2.45, 2.75) is 116 Å². The first kappa shape index (κ1) is 28.8. The van der Waals surface area contributed by atoms with Crippen molar-refractivity contribution in [1.82, 2.24) is 0 Å². The van der Waals surface area contributed by atoms with E-state index < -0.39 is 7.82 Å². The molecule has 1 aliphatic heterocycles. The Morgan fingerprint density at radius 1 is 0.839 bits per heavy atom. The topological polar surface area (TPSA) is 58.6 Å². The first-order chi connectivity index (χ1) is 14.8. The van der Waals surface area contributed by atoms with Crippen LogP contribution in [0.3, 0.4) is 0 Å². The molecule has 0 bridgehead atoms. The highest BCUT2D eigenvalue weighted by Gasteiger charge is 2.29. The molecule has 0 saturated carbocycles. The Hall–Kier alpha value is -0.190. The molecule has 0 radical (unpaired) electrons. The Labute approximate surface area is 192 Å².